The van der Waals surface area contributed by atoms with E-state index in [2.05, 4.69) is 15.0 Å². The van der Waals surface area contributed by atoms with E-state index in [4.69, 9.17) is 16.9 Å². The third kappa shape index (κ3) is 1.92. The van der Waals surface area contributed by atoms with Gasteiger partial charge in [0.2, 0.25) is 0 Å². The van der Waals surface area contributed by atoms with E-state index in [0.29, 0.717) is 5.82 Å². The number of rotatable bonds is 1. The van der Waals surface area contributed by atoms with E-state index in [1.165, 1.54) is 6.20 Å². The summed E-state index contributed by atoms with van der Waals surface area (Å²) in [4.78, 5) is 12.0. The first-order chi connectivity index (χ1) is 7.31. The van der Waals surface area contributed by atoms with Gasteiger partial charge < -0.3 is 0 Å². The molecule has 0 saturated heterocycles. The molecule has 0 unspecified atom stereocenters. The fourth-order valence-electron chi connectivity index (χ4n) is 1.07. The Morgan fingerprint density at radius 2 is 2.20 bits per heavy atom. The van der Waals surface area contributed by atoms with Gasteiger partial charge in [0.15, 0.2) is 11.0 Å². The molecule has 72 valence electrons. The zero-order chi connectivity index (χ0) is 10.7. The van der Waals surface area contributed by atoms with Crippen molar-refractivity contribution < 1.29 is 0 Å². The van der Waals surface area contributed by atoms with Crippen LogP contribution in [0, 0.1) is 11.3 Å². The summed E-state index contributed by atoms with van der Waals surface area (Å²) in [6.07, 6.45) is 4.70. The first-order valence-electron chi connectivity index (χ1n) is 4.14. The Kier molecular flexibility index (Phi) is 2.57. The molecular formula is C10H5ClN4. The first kappa shape index (κ1) is 9.56. The lowest BCUT2D eigenvalue weighted by atomic mass is 10.2. The molecule has 2 aromatic rings. The number of hydrogen-bond acceptors (Lipinski definition) is 4. The summed E-state index contributed by atoms with van der Waals surface area (Å²) in [7, 11) is 0. The lowest BCUT2D eigenvalue weighted by molar-refractivity contribution is 1.15. The van der Waals surface area contributed by atoms with Crippen LogP contribution in [0.3, 0.4) is 0 Å². The quantitative estimate of drug-likeness (QED) is 0.685. The third-order valence-electron chi connectivity index (χ3n) is 1.78. The van der Waals surface area contributed by atoms with Crippen LogP contribution in [-0.2, 0) is 0 Å². The highest BCUT2D eigenvalue weighted by molar-refractivity contribution is 6.30. The second kappa shape index (κ2) is 4.03. The second-order valence-corrected chi connectivity index (χ2v) is 3.11. The van der Waals surface area contributed by atoms with Gasteiger partial charge in [0.05, 0.1) is 6.20 Å². The lowest BCUT2D eigenvalue weighted by Gasteiger charge is -1.99. The largest absolute Gasteiger partial charge is 0.264 e. The van der Waals surface area contributed by atoms with Gasteiger partial charge in [-0.15, -0.1) is 0 Å². The zero-order valence-corrected chi connectivity index (χ0v) is 8.31. The predicted molar refractivity (Wildman–Crippen MR) is 55.0 cm³/mol. The minimum atomic E-state index is 0.159. The van der Waals surface area contributed by atoms with Gasteiger partial charge in [-0.05, 0) is 12.1 Å². The highest BCUT2D eigenvalue weighted by Gasteiger charge is 2.05. The monoisotopic (exact) mass is 216 g/mol. The maximum absolute atomic E-state index is 8.65. The summed E-state index contributed by atoms with van der Waals surface area (Å²) >= 11 is 5.79. The van der Waals surface area contributed by atoms with E-state index in [-0.39, 0.29) is 10.7 Å². The van der Waals surface area contributed by atoms with Gasteiger partial charge >= 0.3 is 0 Å². The Labute approximate surface area is 91.2 Å². The molecule has 0 aromatic carbocycles. The van der Waals surface area contributed by atoms with Crippen LogP contribution in [-0.4, -0.2) is 15.0 Å². The average Bonchev–Trinajstić information content (AvgIpc) is 2.30. The fraction of sp³-hybridized carbons (Fsp3) is 0. The van der Waals surface area contributed by atoms with Gasteiger partial charge in [-0.1, -0.05) is 11.6 Å². The number of pyridine rings is 1. The van der Waals surface area contributed by atoms with E-state index in [1.54, 1.807) is 18.5 Å². The van der Waals surface area contributed by atoms with E-state index < -0.39 is 0 Å². The summed E-state index contributed by atoms with van der Waals surface area (Å²) in [5, 5.41) is 8.81. The number of aromatic nitrogens is 3. The van der Waals surface area contributed by atoms with Crippen LogP contribution in [0.2, 0.25) is 5.15 Å². The maximum atomic E-state index is 8.65. The van der Waals surface area contributed by atoms with E-state index in [0.717, 1.165) is 5.56 Å². The van der Waals surface area contributed by atoms with Crippen LogP contribution < -0.4 is 0 Å². The van der Waals surface area contributed by atoms with Crippen LogP contribution in [0.4, 0.5) is 0 Å². The van der Waals surface area contributed by atoms with Crippen LogP contribution in [0.1, 0.15) is 5.56 Å². The van der Waals surface area contributed by atoms with Crippen molar-refractivity contribution >= 4 is 11.6 Å². The van der Waals surface area contributed by atoms with Crippen molar-refractivity contribution in [1.29, 1.82) is 5.26 Å². The van der Waals surface area contributed by atoms with E-state index >= 15 is 0 Å². The molecule has 2 rings (SSSR count). The smallest absolute Gasteiger partial charge is 0.162 e. The van der Waals surface area contributed by atoms with Crippen LogP contribution in [0.5, 0.6) is 0 Å². The summed E-state index contributed by atoms with van der Waals surface area (Å²) in [5.41, 5.74) is 1.04. The number of hydrogen-bond donors (Lipinski definition) is 0. The van der Waals surface area contributed by atoms with Gasteiger partial charge in [0.25, 0.3) is 0 Å². The molecular weight excluding hydrogens is 212 g/mol. The Morgan fingerprint density at radius 3 is 2.80 bits per heavy atom. The molecule has 2 aromatic heterocycles. The standard InChI is InChI=1S/C10H5ClN4/c11-9-8(4-12)6-14-10(15-9)7-2-1-3-13-5-7/h1-3,5-6H. The molecule has 0 saturated carbocycles. The topological polar surface area (TPSA) is 62.5 Å². The molecule has 0 aliphatic rings. The first-order valence-corrected chi connectivity index (χ1v) is 4.52. The lowest BCUT2D eigenvalue weighted by Crippen LogP contribution is -1.92. The van der Waals surface area contributed by atoms with Gasteiger partial charge in [-0.3, -0.25) is 4.98 Å². The fourth-order valence-corrected chi connectivity index (χ4v) is 1.24. The van der Waals surface area contributed by atoms with Crippen molar-refractivity contribution in [2.75, 3.05) is 0 Å². The molecule has 0 aliphatic heterocycles. The molecule has 15 heavy (non-hydrogen) atoms. The van der Waals surface area contributed by atoms with Crippen molar-refractivity contribution in [3.63, 3.8) is 0 Å². The minimum Gasteiger partial charge on any atom is -0.264 e. The molecule has 0 aliphatic carbocycles. The predicted octanol–water partition coefficient (Wildman–Crippen LogP) is 2.06. The number of nitrogens with zero attached hydrogens (tertiary/aromatic N) is 4. The number of halogens is 1. The summed E-state index contributed by atoms with van der Waals surface area (Å²) in [6, 6.07) is 5.51. The van der Waals surface area contributed by atoms with Gasteiger partial charge in [-0.2, -0.15) is 5.26 Å². The molecule has 0 bridgehead atoms. The zero-order valence-electron chi connectivity index (χ0n) is 7.55. The Morgan fingerprint density at radius 1 is 1.33 bits per heavy atom. The SMILES string of the molecule is N#Cc1cnc(-c2cccnc2)nc1Cl. The van der Waals surface area contributed by atoms with Crippen molar-refractivity contribution in [2.45, 2.75) is 0 Å². The molecule has 0 amide bonds. The van der Waals surface area contributed by atoms with Gasteiger partial charge in [-0.25, -0.2) is 9.97 Å². The Bertz CT molecular complexity index is 519. The molecule has 0 atom stereocenters. The van der Waals surface area contributed by atoms with Crippen LogP contribution >= 0.6 is 11.6 Å². The molecule has 2 heterocycles. The Balaban J connectivity index is 2.49. The second-order valence-electron chi connectivity index (χ2n) is 2.75. The molecule has 0 radical (unpaired) electrons. The Hall–Kier alpha value is -1.99. The molecule has 0 N–H and O–H groups in total. The van der Waals surface area contributed by atoms with E-state index in [1.807, 2.05) is 12.1 Å². The van der Waals surface area contributed by atoms with Crippen molar-refractivity contribution in [3.05, 3.63) is 41.4 Å². The van der Waals surface area contributed by atoms with Crippen molar-refractivity contribution in [2.24, 2.45) is 0 Å². The highest BCUT2D eigenvalue weighted by Crippen LogP contribution is 2.17. The van der Waals surface area contributed by atoms with Crippen molar-refractivity contribution in [1.82, 2.24) is 15.0 Å². The van der Waals surface area contributed by atoms with Crippen molar-refractivity contribution in [3.8, 4) is 17.5 Å². The van der Waals surface area contributed by atoms with Gasteiger partial charge in [0.1, 0.15) is 11.6 Å². The number of nitriles is 1. The summed E-state index contributed by atoms with van der Waals surface area (Å²) in [6.45, 7) is 0. The molecule has 0 fully saturated rings. The molecule has 4 nitrogen and oxygen atoms in total. The van der Waals surface area contributed by atoms with E-state index in [9.17, 15) is 0 Å². The normalized spacial score (nSPS) is 9.60. The average molecular weight is 217 g/mol. The molecule has 5 heteroatoms. The summed E-state index contributed by atoms with van der Waals surface area (Å²) < 4.78 is 0. The van der Waals surface area contributed by atoms with Crippen LogP contribution in [0.15, 0.2) is 30.7 Å². The van der Waals surface area contributed by atoms with Crippen LogP contribution in [0.25, 0.3) is 11.4 Å². The minimum absolute atomic E-state index is 0.159. The van der Waals surface area contributed by atoms with Gasteiger partial charge in [0, 0.05) is 18.0 Å². The highest BCUT2D eigenvalue weighted by atomic mass is 35.5. The maximum Gasteiger partial charge on any atom is 0.162 e. The summed E-state index contributed by atoms with van der Waals surface area (Å²) in [5.74, 6) is 0.465. The third-order valence-corrected chi connectivity index (χ3v) is 2.07. The molecule has 0 spiro atoms.